The Balaban J connectivity index is 0.00000225. The first-order chi connectivity index (χ1) is 11.5. The first-order valence-corrected chi connectivity index (χ1v) is 10.3. The molecule has 1 amide bonds. The van der Waals surface area contributed by atoms with Gasteiger partial charge in [-0.25, -0.2) is 0 Å². The van der Waals surface area contributed by atoms with Crippen molar-refractivity contribution in [3.63, 3.8) is 0 Å². The quantitative estimate of drug-likeness (QED) is 0.661. The van der Waals surface area contributed by atoms with Gasteiger partial charge in [-0.05, 0) is 63.3 Å². The number of hydrogen-bond donors (Lipinski definition) is 1. The van der Waals surface area contributed by atoms with Gasteiger partial charge >= 0.3 is 0 Å². The summed E-state index contributed by atoms with van der Waals surface area (Å²) in [4.78, 5) is 15.5. The first-order valence-electron chi connectivity index (χ1n) is 8.67. The molecule has 25 heavy (non-hydrogen) atoms. The van der Waals surface area contributed by atoms with Crippen molar-refractivity contribution in [2.75, 3.05) is 19.6 Å². The van der Waals surface area contributed by atoms with Gasteiger partial charge in [-0.15, -0.1) is 24.2 Å². The zero-order valence-electron chi connectivity index (χ0n) is 14.3. The molecule has 0 radical (unpaired) electrons. The lowest BCUT2D eigenvalue weighted by molar-refractivity contribution is -0.131. The van der Waals surface area contributed by atoms with E-state index in [-0.39, 0.29) is 23.6 Å². The summed E-state index contributed by atoms with van der Waals surface area (Å²) in [5.74, 6) is 1.10. The zero-order valence-corrected chi connectivity index (χ0v) is 17.5. The highest BCUT2D eigenvalue weighted by molar-refractivity contribution is 8.00. The van der Waals surface area contributed by atoms with Crippen molar-refractivity contribution in [3.8, 4) is 0 Å². The number of halogens is 3. The summed E-state index contributed by atoms with van der Waals surface area (Å²) in [6, 6.07) is 5.94. The van der Waals surface area contributed by atoms with Crippen LogP contribution in [0.4, 0.5) is 0 Å². The average molecular weight is 424 g/mol. The van der Waals surface area contributed by atoms with Gasteiger partial charge in [0.05, 0.1) is 10.3 Å². The molecule has 1 unspecified atom stereocenters. The zero-order chi connectivity index (χ0) is 17.1. The van der Waals surface area contributed by atoms with E-state index in [1.165, 1.54) is 24.6 Å². The molecule has 1 saturated carbocycles. The molecule has 3 rings (SSSR count). The lowest BCUT2D eigenvalue weighted by Crippen LogP contribution is -2.47. The number of nitrogens with one attached hydrogen (secondary N) is 1. The van der Waals surface area contributed by atoms with E-state index in [0.29, 0.717) is 16.1 Å². The lowest BCUT2D eigenvalue weighted by Gasteiger charge is -2.34. The van der Waals surface area contributed by atoms with Gasteiger partial charge in [0.1, 0.15) is 0 Å². The number of rotatable bonds is 6. The van der Waals surface area contributed by atoms with Crippen LogP contribution >= 0.6 is 47.4 Å². The predicted octanol–water partition coefficient (Wildman–Crippen LogP) is 4.89. The van der Waals surface area contributed by atoms with E-state index in [1.54, 1.807) is 12.1 Å². The highest BCUT2D eigenvalue weighted by Crippen LogP contribution is 2.33. The number of carbonyl (C=O) groups is 1. The second kappa shape index (κ2) is 9.70. The SMILES string of the molecule is CC(Sc1cc(Cl)ccc1Cl)C(=O)N1CCC(NCC2CC2)CC1.Cl. The van der Waals surface area contributed by atoms with Crippen LogP contribution in [0.15, 0.2) is 23.1 Å². The van der Waals surface area contributed by atoms with Gasteiger partial charge in [0.25, 0.3) is 0 Å². The third-order valence-electron chi connectivity index (χ3n) is 4.74. The van der Waals surface area contributed by atoms with Crippen LogP contribution in [-0.2, 0) is 4.79 Å². The van der Waals surface area contributed by atoms with Crippen LogP contribution in [0.5, 0.6) is 0 Å². The maximum atomic E-state index is 12.7. The summed E-state index contributed by atoms with van der Waals surface area (Å²) in [7, 11) is 0. The molecule has 0 aromatic heterocycles. The van der Waals surface area contributed by atoms with Gasteiger partial charge in [0, 0.05) is 29.0 Å². The molecule has 1 saturated heterocycles. The largest absolute Gasteiger partial charge is 0.342 e. The molecule has 0 bridgehead atoms. The lowest BCUT2D eigenvalue weighted by atomic mass is 10.0. The Bertz CT molecular complexity index is 590. The molecule has 1 aliphatic carbocycles. The van der Waals surface area contributed by atoms with E-state index in [0.717, 1.165) is 43.3 Å². The van der Waals surface area contributed by atoms with E-state index in [2.05, 4.69) is 5.32 Å². The van der Waals surface area contributed by atoms with Crippen molar-refractivity contribution in [1.29, 1.82) is 0 Å². The van der Waals surface area contributed by atoms with E-state index < -0.39 is 0 Å². The molecule has 0 spiro atoms. The number of benzene rings is 1. The highest BCUT2D eigenvalue weighted by Gasteiger charge is 2.28. The predicted molar refractivity (Wildman–Crippen MR) is 109 cm³/mol. The molecule has 1 aliphatic heterocycles. The van der Waals surface area contributed by atoms with E-state index in [4.69, 9.17) is 23.2 Å². The molecule has 7 heteroatoms. The van der Waals surface area contributed by atoms with Gasteiger partial charge in [-0.2, -0.15) is 0 Å². The fourth-order valence-electron chi connectivity index (χ4n) is 3.02. The number of amides is 1. The van der Waals surface area contributed by atoms with Crippen LogP contribution in [0.25, 0.3) is 0 Å². The summed E-state index contributed by atoms with van der Waals surface area (Å²) < 4.78 is 0. The Morgan fingerprint density at radius 3 is 2.60 bits per heavy atom. The standard InChI is InChI=1S/C18H24Cl2N2OS.ClH/c1-12(24-17-10-14(19)4-5-16(17)20)18(23)22-8-6-15(7-9-22)21-11-13-2-3-13;/h4-5,10,12-13,15,21H,2-3,6-9,11H2,1H3;1H. The third-order valence-corrected chi connectivity index (χ3v) is 6.57. The first kappa shape index (κ1) is 21.2. The second-order valence-corrected chi connectivity index (χ2v) is 9.01. The molecule has 3 nitrogen and oxygen atoms in total. The topological polar surface area (TPSA) is 32.3 Å². The molecule has 2 fully saturated rings. The minimum Gasteiger partial charge on any atom is -0.342 e. The Kier molecular flexibility index (Phi) is 8.22. The summed E-state index contributed by atoms with van der Waals surface area (Å²) in [6.07, 6.45) is 4.86. The molecular formula is C18H25Cl3N2OS. The molecule has 1 aromatic carbocycles. The molecule has 140 valence electrons. The number of nitrogens with zero attached hydrogens (tertiary/aromatic N) is 1. The average Bonchev–Trinajstić information content (AvgIpc) is 3.40. The van der Waals surface area contributed by atoms with Crippen molar-refractivity contribution in [3.05, 3.63) is 28.2 Å². The molecule has 1 N–H and O–H groups in total. The summed E-state index contributed by atoms with van der Waals surface area (Å²) in [5.41, 5.74) is 0. The fraction of sp³-hybridized carbons (Fsp3) is 0.611. The van der Waals surface area contributed by atoms with Crippen LogP contribution in [0.2, 0.25) is 10.0 Å². The minimum absolute atomic E-state index is 0. The summed E-state index contributed by atoms with van der Waals surface area (Å²) >= 11 is 13.7. The Labute approximate surface area is 170 Å². The fourth-order valence-corrected chi connectivity index (χ4v) is 4.52. The molecular weight excluding hydrogens is 399 g/mol. The van der Waals surface area contributed by atoms with Crippen LogP contribution in [0, 0.1) is 5.92 Å². The number of hydrogen-bond acceptors (Lipinski definition) is 3. The van der Waals surface area contributed by atoms with Crippen molar-refractivity contribution in [1.82, 2.24) is 10.2 Å². The van der Waals surface area contributed by atoms with Crippen LogP contribution < -0.4 is 5.32 Å². The Morgan fingerprint density at radius 1 is 1.28 bits per heavy atom. The minimum atomic E-state index is -0.156. The van der Waals surface area contributed by atoms with E-state index in [9.17, 15) is 4.79 Å². The number of thioether (sulfide) groups is 1. The Hall–Kier alpha value is -0.130. The number of carbonyl (C=O) groups excluding carboxylic acids is 1. The van der Waals surface area contributed by atoms with E-state index >= 15 is 0 Å². The van der Waals surface area contributed by atoms with Crippen molar-refractivity contribution < 1.29 is 4.79 Å². The monoisotopic (exact) mass is 422 g/mol. The van der Waals surface area contributed by atoms with E-state index in [1.807, 2.05) is 17.9 Å². The van der Waals surface area contributed by atoms with Crippen LogP contribution in [0.1, 0.15) is 32.6 Å². The number of likely N-dealkylation sites (tertiary alicyclic amines) is 1. The Morgan fingerprint density at radius 2 is 1.96 bits per heavy atom. The summed E-state index contributed by atoms with van der Waals surface area (Å²) in [5, 5.41) is 4.78. The van der Waals surface area contributed by atoms with Gasteiger partial charge in [0.2, 0.25) is 5.91 Å². The highest BCUT2D eigenvalue weighted by atomic mass is 35.5. The normalized spacial score (nSPS) is 19.4. The van der Waals surface area contributed by atoms with Gasteiger partial charge in [0.15, 0.2) is 0 Å². The summed E-state index contributed by atoms with van der Waals surface area (Å²) in [6.45, 7) is 4.78. The van der Waals surface area contributed by atoms with Gasteiger partial charge < -0.3 is 10.2 Å². The molecule has 1 atom stereocenters. The van der Waals surface area contributed by atoms with Crippen LogP contribution in [0.3, 0.4) is 0 Å². The third kappa shape index (κ3) is 6.21. The molecule has 2 aliphatic rings. The van der Waals surface area contributed by atoms with Crippen molar-refractivity contribution >= 4 is 53.3 Å². The van der Waals surface area contributed by atoms with Gasteiger partial charge in [-0.3, -0.25) is 4.79 Å². The van der Waals surface area contributed by atoms with Gasteiger partial charge in [-0.1, -0.05) is 23.2 Å². The van der Waals surface area contributed by atoms with Crippen molar-refractivity contribution in [2.45, 2.75) is 48.8 Å². The maximum Gasteiger partial charge on any atom is 0.235 e. The molecule has 1 heterocycles. The van der Waals surface area contributed by atoms with Crippen molar-refractivity contribution in [2.24, 2.45) is 5.92 Å². The smallest absolute Gasteiger partial charge is 0.235 e. The second-order valence-electron chi connectivity index (χ2n) is 6.79. The maximum absolute atomic E-state index is 12.7. The number of piperidine rings is 1. The molecule has 1 aromatic rings. The van der Waals surface area contributed by atoms with Crippen LogP contribution in [-0.4, -0.2) is 41.7 Å².